The number of carbonyl (C=O) groups excluding carboxylic acids is 1. The van der Waals surface area contributed by atoms with E-state index < -0.39 is 6.10 Å². The summed E-state index contributed by atoms with van der Waals surface area (Å²) >= 11 is 0. The van der Waals surface area contributed by atoms with E-state index in [1.807, 2.05) is 0 Å². The third-order valence-corrected chi connectivity index (χ3v) is 9.65. The number of hydrogen-bond acceptors (Lipinski definition) is 3. The lowest BCUT2D eigenvalue weighted by molar-refractivity contribution is -0.125. The molecule has 4 saturated carbocycles. The van der Waals surface area contributed by atoms with Gasteiger partial charge >= 0.3 is 0 Å². The first-order chi connectivity index (χ1) is 12.4. The van der Waals surface area contributed by atoms with Crippen LogP contribution in [0.15, 0.2) is 12.2 Å². The van der Waals surface area contributed by atoms with Gasteiger partial charge in [-0.3, -0.25) is 0 Å². The van der Waals surface area contributed by atoms with Crippen molar-refractivity contribution in [2.75, 3.05) is 6.61 Å². The van der Waals surface area contributed by atoms with Crippen molar-refractivity contribution in [3.05, 3.63) is 12.2 Å². The summed E-state index contributed by atoms with van der Waals surface area (Å²) in [5.74, 6) is 2.42. The number of rotatable bonds is 3. The molecule has 0 bridgehead atoms. The Bertz CT molecular complexity index is 586. The molecule has 4 unspecified atom stereocenters. The molecule has 0 aromatic carbocycles. The van der Waals surface area contributed by atoms with E-state index in [1.165, 1.54) is 50.4 Å². The quantitative estimate of drug-likeness (QED) is 0.591. The highest BCUT2D eigenvalue weighted by molar-refractivity contribution is 5.56. The van der Waals surface area contributed by atoms with Crippen LogP contribution in [0.5, 0.6) is 0 Å². The molecule has 0 radical (unpaired) electrons. The van der Waals surface area contributed by atoms with Crippen molar-refractivity contribution < 1.29 is 15.0 Å². The lowest BCUT2D eigenvalue weighted by atomic mass is 9.43. The fraction of sp³-hybridized carbons (Fsp3) is 0.870. The summed E-state index contributed by atoms with van der Waals surface area (Å²) in [5.41, 5.74) is 1.68. The highest BCUT2D eigenvalue weighted by atomic mass is 16.3. The number of carbonyl (C=O) groups is 1. The third-order valence-electron chi connectivity index (χ3n) is 9.65. The molecule has 3 nitrogen and oxygen atoms in total. The van der Waals surface area contributed by atoms with Gasteiger partial charge in [0.15, 0.2) is 0 Å². The molecule has 2 N–H and O–H groups in total. The minimum absolute atomic E-state index is 0.0198. The van der Waals surface area contributed by atoms with Crippen molar-refractivity contribution in [2.45, 2.75) is 71.3 Å². The molecule has 0 heterocycles. The van der Waals surface area contributed by atoms with E-state index in [2.05, 4.69) is 20.4 Å². The standard InChI is InChI=1S/C23H36O3/c1-14-5-4-6-16-7-8-17-18(23(14,16)3)9-10-22(2)19(20(26)13-25)11-15(12-24)21(17)22/h12,15-21,25-26H,1,4-11,13H2,2-3H3/t15?,16?,17-,18-,19?,20?,21+,22-,23+/m1/s1. The maximum atomic E-state index is 12.0. The van der Waals surface area contributed by atoms with Crippen molar-refractivity contribution in [1.29, 1.82) is 0 Å². The summed E-state index contributed by atoms with van der Waals surface area (Å²) < 4.78 is 0. The molecule has 0 aromatic rings. The van der Waals surface area contributed by atoms with Crippen LogP contribution in [-0.4, -0.2) is 29.2 Å². The molecule has 4 aliphatic carbocycles. The smallest absolute Gasteiger partial charge is 0.123 e. The fourth-order valence-corrected chi connectivity index (χ4v) is 8.35. The first-order valence-electron chi connectivity index (χ1n) is 10.8. The van der Waals surface area contributed by atoms with Gasteiger partial charge < -0.3 is 15.0 Å². The van der Waals surface area contributed by atoms with Gasteiger partial charge in [0, 0.05) is 5.92 Å². The van der Waals surface area contributed by atoms with E-state index in [0.717, 1.165) is 18.8 Å². The SMILES string of the molecule is C=C1CCCC2CC[C@@H]3[C@@H](CC[C@]4(C)C(C(O)CO)CC(C=O)[C@@H]34)[C@@]12C. The number of aliphatic hydroxyl groups is 2. The van der Waals surface area contributed by atoms with Crippen molar-refractivity contribution in [1.82, 2.24) is 0 Å². The minimum atomic E-state index is -0.694. The van der Waals surface area contributed by atoms with Crippen molar-refractivity contribution in [2.24, 2.45) is 46.3 Å². The highest BCUT2D eigenvalue weighted by Gasteiger charge is 2.63. The van der Waals surface area contributed by atoms with E-state index in [1.54, 1.807) is 0 Å². The van der Waals surface area contributed by atoms with Gasteiger partial charge in [-0.15, -0.1) is 0 Å². The van der Waals surface area contributed by atoms with Gasteiger partial charge in [0.05, 0.1) is 12.7 Å². The van der Waals surface area contributed by atoms with Gasteiger partial charge in [-0.1, -0.05) is 26.0 Å². The summed E-state index contributed by atoms with van der Waals surface area (Å²) in [4.78, 5) is 12.0. The molecular formula is C23H36O3. The Labute approximate surface area is 158 Å². The van der Waals surface area contributed by atoms with E-state index >= 15 is 0 Å². The predicted molar refractivity (Wildman–Crippen MR) is 102 cm³/mol. The van der Waals surface area contributed by atoms with Crippen LogP contribution in [0.3, 0.4) is 0 Å². The molecule has 0 saturated heterocycles. The van der Waals surface area contributed by atoms with Crippen LogP contribution in [0.1, 0.15) is 65.2 Å². The Morgan fingerprint density at radius 3 is 2.73 bits per heavy atom. The summed E-state index contributed by atoms with van der Waals surface area (Å²) in [5, 5.41) is 20.0. The van der Waals surface area contributed by atoms with Gasteiger partial charge in [0.25, 0.3) is 0 Å². The second-order valence-corrected chi connectivity index (χ2v) is 10.3. The number of allylic oxidation sites excluding steroid dienone is 1. The Morgan fingerprint density at radius 2 is 2.04 bits per heavy atom. The summed E-state index contributed by atoms with van der Waals surface area (Å²) in [6.45, 7) is 9.10. The molecule has 0 amide bonds. The largest absolute Gasteiger partial charge is 0.394 e. The van der Waals surface area contributed by atoms with Crippen LogP contribution < -0.4 is 0 Å². The predicted octanol–water partition coefficient (Wildman–Crippen LogP) is 3.98. The van der Waals surface area contributed by atoms with Crippen molar-refractivity contribution >= 4 is 6.29 Å². The second kappa shape index (κ2) is 6.44. The number of fused-ring (bicyclic) bond motifs is 5. The summed E-state index contributed by atoms with van der Waals surface area (Å²) in [6.07, 6.45) is 9.76. The lowest BCUT2D eigenvalue weighted by Gasteiger charge is -2.61. The average molecular weight is 361 g/mol. The van der Waals surface area contributed by atoms with E-state index in [0.29, 0.717) is 17.8 Å². The maximum absolute atomic E-state index is 12.0. The zero-order chi connectivity index (χ0) is 18.7. The third kappa shape index (κ3) is 2.35. The number of aliphatic hydroxyl groups excluding tert-OH is 2. The van der Waals surface area contributed by atoms with Crippen LogP contribution in [-0.2, 0) is 4.79 Å². The molecule has 26 heavy (non-hydrogen) atoms. The topological polar surface area (TPSA) is 57.5 Å². The zero-order valence-corrected chi connectivity index (χ0v) is 16.5. The molecular weight excluding hydrogens is 324 g/mol. The highest BCUT2D eigenvalue weighted by Crippen LogP contribution is 2.69. The number of hydrogen-bond donors (Lipinski definition) is 2. The molecule has 0 spiro atoms. The fourth-order valence-electron chi connectivity index (χ4n) is 8.35. The normalized spacial score (nSPS) is 51.9. The Morgan fingerprint density at radius 1 is 1.27 bits per heavy atom. The van der Waals surface area contributed by atoms with E-state index in [-0.39, 0.29) is 29.3 Å². The molecule has 3 heteroatoms. The van der Waals surface area contributed by atoms with Crippen LogP contribution in [0.2, 0.25) is 0 Å². The van der Waals surface area contributed by atoms with Gasteiger partial charge in [0.1, 0.15) is 6.29 Å². The van der Waals surface area contributed by atoms with Gasteiger partial charge in [-0.25, -0.2) is 0 Å². The molecule has 0 aromatic heterocycles. The molecule has 0 aliphatic heterocycles. The minimum Gasteiger partial charge on any atom is -0.394 e. The molecule has 9 atom stereocenters. The Hall–Kier alpha value is -0.670. The van der Waals surface area contributed by atoms with Gasteiger partial charge in [0.2, 0.25) is 0 Å². The molecule has 146 valence electrons. The van der Waals surface area contributed by atoms with Crippen LogP contribution in [0.25, 0.3) is 0 Å². The molecule has 4 rings (SSSR count). The first kappa shape index (κ1) is 18.7. The Kier molecular flexibility index (Phi) is 4.63. The second-order valence-electron chi connectivity index (χ2n) is 10.3. The van der Waals surface area contributed by atoms with Gasteiger partial charge in [-0.05, 0) is 91.8 Å². The Balaban J connectivity index is 1.70. The van der Waals surface area contributed by atoms with Crippen LogP contribution in [0, 0.1) is 46.3 Å². The van der Waals surface area contributed by atoms with Gasteiger partial charge in [-0.2, -0.15) is 0 Å². The average Bonchev–Trinajstić information content (AvgIpc) is 2.95. The van der Waals surface area contributed by atoms with Crippen LogP contribution >= 0.6 is 0 Å². The molecule has 4 fully saturated rings. The monoisotopic (exact) mass is 360 g/mol. The number of aldehydes is 1. The van der Waals surface area contributed by atoms with E-state index in [4.69, 9.17) is 0 Å². The van der Waals surface area contributed by atoms with Crippen LogP contribution in [0.4, 0.5) is 0 Å². The maximum Gasteiger partial charge on any atom is 0.123 e. The van der Waals surface area contributed by atoms with Crippen molar-refractivity contribution in [3.63, 3.8) is 0 Å². The lowest BCUT2D eigenvalue weighted by Crippen LogP contribution is -2.55. The summed E-state index contributed by atoms with van der Waals surface area (Å²) in [6, 6.07) is 0. The molecule has 4 aliphatic rings. The zero-order valence-electron chi connectivity index (χ0n) is 16.5. The van der Waals surface area contributed by atoms with E-state index in [9.17, 15) is 15.0 Å². The first-order valence-corrected chi connectivity index (χ1v) is 10.8. The summed E-state index contributed by atoms with van der Waals surface area (Å²) in [7, 11) is 0. The van der Waals surface area contributed by atoms with Crippen molar-refractivity contribution in [3.8, 4) is 0 Å².